The highest BCUT2D eigenvalue weighted by Gasteiger charge is 2.59. The Labute approximate surface area is 184 Å². The Bertz CT molecular complexity index is 1000. The van der Waals surface area contributed by atoms with Crippen LogP contribution in [0.5, 0.6) is 5.75 Å². The fourth-order valence-corrected chi connectivity index (χ4v) is 7.79. The van der Waals surface area contributed by atoms with Crippen LogP contribution in [-0.4, -0.2) is 22.0 Å². The summed E-state index contributed by atoms with van der Waals surface area (Å²) in [7, 11) is 0. The zero-order valence-corrected chi connectivity index (χ0v) is 18.4. The van der Waals surface area contributed by atoms with Gasteiger partial charge in [0.05, 0.1) is 0 Å². The maximum absolute atomic E-state index is 13.4. The van der Waals surface area contributed by atoms with Crippen LogP contribution in [0.4, 0.5) is 0 Å². The molecule has 6 atom stereocenters. The van der Waals surface area contributed by atoms with Crippen LogP contribution in [-0.2, 0) is 4.79 Å². The number of rotatable bonds is 3. The standard InChI is InChI=1S/C27H32O4/c1-26-12-10-17(25(30)31)14-18(26)6-7-20-21-8-9-23(27(21,2)13-11-22(20)26)24(29)16-4-3-5-19(28)15-16/h3-6,14-15,20-23,28H,7-13H2,1-2H3,(H,30,31)/t20-,21-,22-,23+,26-,27-/m0/s1. The second kappa shape index (κ2) is 7.08. The molecule has 0 spiro atoms. The van der Waals surface area contributed by atoms with E-state index in [4.69, 9.17) is 0 Å². The number of fused-ring (bicyclic) bond motifs is 5. The van der Waals surface area contributed by atoms with Gasteiger partial charge < -0.3 is 10.2 Å². The van der Waals surface area contributed by atoms with Gasteiger partial charge in [-0.1, -0.05) is 32.1 Å². The van der Waals surface area contributed by atoms with E-state index >= 15 is 0 Å². The SMILES string of the molecule is C[C@]12CC[C@H]3[C@@H](CC=C4C=C(C(=O)O)CC[C@@]43C)[C@@H]1CC[C@@H]2C(=O)c1cccc(O)c1. The molecule has 0 saturated heterocycles. The summed E-state index contributed by atoms with van der Waals surface area (Å²) >= 11 is 0. The van der Waals surface area contributed by atoms with Crippen molar-refractivity contribution in [2.45, 2.75) is 58.8 Å². The smallest absolute Gasteiger partial charge is 0.331 e. The first-order valence-electron chi connectivity index (χ1n) is 11.7. The van der Waals surface area contributed by atoms with Crippen LogP contribution < -0.4 is 0 Å². The first kappa shape index (κ1) is 20.5. The lowest BCUT2D eigenvalue weighted by Crippen LogP contribution is -2.50. The molecule has 0 radical (unpaired) electrons. The van der Waals surface area contributed by atoms with E-state index < -0.39 is 5.97 Å². The molecular weight excluding hydrogens is 388 g/mol. The van der Waals surface area contributed by atoms with E-state index in [1.165, 1.54) is 5.57 Å². The third-order valence-electron chi connectivity index (χ3n) is 9.49. The fraction of sp³-hybridized carbons (Fsp3) is 0.556. The van der Waals surface area contributed by atoms with Crippen LogP contribution in [0.25, 0.3) is 0 Å². The number of carboxylic acid groups (broad SMARTS) is 1. The maximum atomic E-state index is 13.4. The summed E-state index contributed by atoms with van der Waals surface area (Å²) in [5.41, 5.74) is 2.45. The Morgan fingerprint density at radius 3 is 2.61 bits per heavy atom. The zero-order chi connectivity index (χ0) is 22.0. The predicted molar refractivity (Wildman–Crippen MR) is 119 cm³/mol. The van der Waals surface area contributed by atoms with Gasteiger partial charge in [0.15, 0.2) is 5.78 Å². The highest BCUT2D eigenvalue weighted by atomic mass is 16.4. The van der Waals surface area contributed by atoms with Crippen molar-refractivity contribution < 1.29 is 19.8 Å². The van der Waals surface area contributed by atoms with Crippen LogP contribution >= 0.6 is 0 Å². The van der Waals surface area contributed by atoms with E-state index in [1.54, 1.807) is 18.2 Å². The van der Waals surface area contributed by atoms with E-state index in [1.807, 2.05) is 12.1 Å². The summed E-state index contributed by atoms with van der Waals surface area (Å²) in [6, 6.07) is 6.80. The van der Waals surface area contributed by atoms with Gasteiger partial charge in [-0.05, 0) is 97.3 Å². The molecule has 0 unspecified atom stereocenters. The number of aromatic hydroxyl groups is 1. The van der Waals surface area contributed by atoms with Gasteiger partial charge in [-0.2, -0.15) is 0 Å². The number of carbonyl (C=O) groups is 2. The van der Waals surface area contributed by atoms with E-state index in [0.717, 1.165) is 38.5 Å². The van der Waals surface area contributed by atoms with Crippen molar-refractivity contribution >= 4 is 11.8 Å². The molecule has 4 aliphatic rings. The minimum atomic E-state index is -0.787. The Hall–Kier alpha value is -2.36. The second-order valence-electron chi connectivity index (χ2n) is 10.8. The normalized spacial score (nSPS) is 38.9. The largest absolute Gasteiger partial charge is 0.508 e. The lowest BCUT2D eigenvalue weighted by Gasteiger charge is -2.57. The van der Waals surface area contributed by atoms with Crippen LogP contribution in [0.15, 0.2) is 47.6 Å². The van der Waals surface area contributed by atoms with Crippen molar-refractivity contribution in [1.82, 2.24) is 0 Å². The van der Waals surface area contributed by atoms with Gasteiger partial charge in [-0.15, -0.1) is 0 Å². The number of phenols is 1. The Morgan fingerprint density at radius 1 is 1.06 bits per heavy atom. The van der Waals surface area contributed by atoms with Gasteiger partial charge in [0.25, 0.3) is 0 Å². The van der Waals surface area contributed by atoms with Gasteiger partial charge in [-0.3, -0.25) is 4.79 Å². The molecule has 1 aromatic rings. The van der Waals surface area contributed by atoms with Crippen LogP contribution in [0.1, 0.15) is 69.2 Å². The van der Waals surface area contributed by atoms with Crippen LogP contribution in [0.3, 0.4) is 0 Å². The lowest BCUT2D eigenvalue weighted by atomic mass is 9.47. The molecule has 0 aromatic heterocycles. The highest BCUT2D eigenvalue weighted by Crippen LogP contribution is 2.66. The summed E-state index contributed by atoms with van der Waals surface area (Å²) < 4.78 is 0. The summed E-state index contributed by atoms with van der Waals surface area (Å²) in [4.78, 5) is 24.9. The molecule has 5 rings (SSSR count). The molecule has 4 heteroatoms. The molecule has 0 heterocycles. The number of allylic oxidation sites excluding steroid dienone is 3. The van der Waals surface area contributed by atoms with Crippen molar-refractivity contribution in [2.24, 2.45) is 34.5 Å². The molecule has 4 nitrogen and oxygen atoms in total. The van der Waals surface area contributed by atoms with Gasteiger partial charge in [0, 0.05) is 17.1 Å². The molecule has 164 valence electrons. The number of carboxylic acids is 1. The monoisotopic (exact) mass is 420 g/mol. The summed E-state index contributed by atoms with van der Waals surface area (Å²) in [5.74, 6) is 1.22. The molecule has 2 fully saturated rings. The molecule has 0 bridgehead atoms. The minimum absolute atomic E-state index is 0.00213. The molecule has 0 aliphatic heterocycles. The van der Waals surface area contributed by atoms with Gasteiger partial charge >= 0.3 is 5.97 Å². The topological polar surface area (TPSA) is 74.6 Å². The number of hydrogen-bond donors (Lipinski definition) is 2. The number of hydrogen-bond acceptors (Lipinski definition) is 3. The van der Waals surface area contributed by atoms with E-state index in [0.29, 0.717) is 35.3 Å². The number of aliphatic carboxylic acids is 1. The third-order valence-corrected chi connectivity index (χ3v) is 9.49. The van der Waals surface area contributed by atoms with Crippen LogP contribution in [0, 0.1) is 34.5 Å². The summed E-state index contributed by atoms with van der Waals surface area (Å²) in [6.07, 6.45) is 11.0. The van der Waals surface area contributed by atoms with Crippen molar-refractivity contribution in [3.63, 3.8) is 0 Å². The number of Topliss-reactive ketones (excluding diaryl/α,β-unsaturated/α-hetero) is 1. The Morgan fingerprint density at radius 2 is 1.87 bits per heavy atom. The van der Waals surface area contributed by atoms with Crippen molar-refractivity contribution in [3.05, 3.63) is 53.1 Å². The predicted octanol–water partition coefficient (Wildman–Crippen LogP) is 5.77. The Balaban J connectivity index is 1.44. The molecule has 2 saturated carbocycles. The van der Waals surface area contributed by atoms with E-state index in [-0.39, 0.29) is 28.3 Å². The lowest BCUT2D eigenvalue weighted by molar-refractivity contribution is -0.133. The number of phenolic OH excluding ortho intramolecular Hbond substituents is 1. The molecule has 31 heavy (non-hydrogen) atoms. The van der Waals surface area contributed by atoms with Gasteiger partial charge in [-0.25, -0.2) is 4.79 Å². The zero-order valence-electron chi connectivity index (χ0n) is 18.4. The van der Waals surface area contributed by atoms with Crippen molar-refractivity contribution in [1.29, 1.82) is 0 Å². The summed E-state index contributed by atoms with van der Waals surface area (Å²) in [5, 5.41) is 19.3. The first-order chi connectivity index (χ1) is 14.7. The van der Waals surface area contributed by atoms with Crippen molar-refractivity contribution in [2.75, 3.05) is 0 Å². The number of benzene rings is 1. The quantitative estimate of drug-likeness (QED) is 0.608. The van der Waals surface area contributed by atoms with Gasteiger partial charge in [0.2, 0.25) is 0 Å². The maximum Gasteiger partial charge on any atom is 0.331 e. The first-order valence-corrected chi connectivity index (χ1v) is 11.7. The molecule has 4 aliphatic carbocycles. The molecule has 2 N–H and O–H groups in total. The molecule has 0 amide bonds. The average Bonchev–Trinajstić information content (AvgIpc) is 3.09. The van der Waals surface area contributed by atoms with E-state index in [2.05, 4.69) is 19.9 Å². The highest BCUT2D eigenvalue weighted by molar-refractivity contribution is 5.99. The minimum Gasteiger partial charge on any atom is -0.508 e. The summed E-state index contributed by atoms with van der Waals surface area (Å²) in [6.45, 7) is 4.68. The average molecular weight is 421 g/mol. The van der Waals surface area contributed by atoms with E-state index in [9.17, 15) is 19.8 Å². The molecule has 1 aromatic carbocycles. The van der Waals surface area contributed by atoms with Crippen LogP contribution in [0.2, 0.25) is 0 Å². The Kier molecular flexibility index (Phi) is 4.69. The third kappa shape index (κ3) is 3.01. The number of carbonyl (C=O) groups excluding carboxylic acids is 1. The van der Waals surface area contributed by atoms with Gasteiger partial charge in [0.1, 0.15) is 5.75 Å². The molecular formula is C27H32O4. The number of ketones is 1. The van der Waals surface area contributed by atoms with Crippen molar-refractivity contribution in [3.8, 4) is 5.75 Å². The fourth-order valence-electron chi connectivity index (χ4n) is 7.79. The second-order valence-corrected chi connectivity index (χ2v) is 10.8.